The Labute approximate surface area is 199 Å². The summed E-state index contributed by atoms with van der Waals surface area (Å²) in [5.74, 6) is -3.25. The molecule has 0 radical (unpaired) electrons. The van der Waals surface area contributed by atoms with Crippen LogP contribution in [-0.4, -0.2) is 42.6 Å². The van der Waals surface area contributed by atoms with Gasteiger partial charge in [0.25, 0.3) is 0 Å². The van der Waals surface area contributed by atoms with Gasteiger partial charge in [0.2, 0.25) is 0 Å². The van der Waals surface area contributed by atoms with Crippen LogP contribution in [0.2, 0.25) is 0 Å². The monoisotopic (exact) mass is 481 g/mol. The molecule has 1 N–H and O–H groups in total. The molecule has 0 aliphatic carbocycles. The molecule has 10 heteroatoms. The number of ether oxygens (including phenoxy) is 1. The first-order valence-corrected chi connectivity index (χ1v) is 11.0. The van der Waals surface area contributed by atoms with E-state index >= 15 is 0 Å². The van der Waals surface area contributed by atoms with Gasteiger partial charge < -0.3 is 14.4 Å². The van der Waals surface area contributed by atoms with Crippen LogP contribution in [0.3, 0.4) is 0 Å². The molecule has 4 aromatic rings. The van der Waals surface area contributed by atoms with Crippen molar-refractivity contribution in [1.82, 2.24) is 24.3 Å². The normalized spacial score (nSPS) is 17.7. The minimum atomic E-state index is -1.53. The lowest BCUT2D eigenvalue weighted by atomic mass is 9.89. The summed E-state index contributed by atoms with van der Waals surface area (Å²) in [5, 5.41) is 14.7. The van der Waals surface area contributed by atoms with Gasteiger partial charge in [0.05, 0.1) is 37.5 Å². The van der Waals surface area contributed by atoms with Crippen molar-refractivity contribution >= 4 is 12.2 Å². The van der Waals surface area contributed by atoms with Crippen LogP contribution in [0, 0.1) is 24.4 Å². The lowest BCUT2D eigenvalue weighted by Crippen LogP contribution is -2.29. The topological polar surface area (TPSA) is 78.0 Å². The lowest BCUT2D eigenvalue weighted by Gasteiger charge is -2.26. The number of aryl methyl sites for hydroxylation is 1. The number of fused-ring (bicyclic) bond motifs is 1. The van der Waals surface area contributed by atoms with Crippen molar-refractivity contribution in [2.75, 3.05) is 7.11 Å². The van der Waals surface area contributed by atoms with Crippen LogP contribution >= 0.6 is 0 Å². The van der Waals surface area contributed by atoms with Gasteiger partial charge in [0.15, 0.2) is 23.3 Å². The second-order valence-corrected chi connectivity index (χ2v) is 8.44. The number of imidazole rings is 1. The van der Waals surface area contributed by atoms with E-state index in [0.29, 0.717) is 17.4 Å². The standard InChI is InChI=1S/C25H22F3N5O2/c1-14-11-32(13-29-14)21-5-3-15(7-22(21)35-2)4-6-23-30-25-18(10-17(34)12-33(25)31-23)16-8-19(26)24(28)20(27)9-16/h3-9,11,13,17-18,34H,10,12H2,1-2H3/t17-,18-/m0/s1. The fourth-order valence-corrected chi connectivity index (χ4v) is 4.28. The molecule has 5 rings (SSSR count). The zero-order valence-electron chi connectivity index (χ0n) is 19.0. The summed E-state index contributed by atoms with van der Waals surface area (Å²) in [4.78, 5) is 8.76. The Balaban J connectivity index is 1.44. The van der Waals surface area contributed by atoms with Crippen LogP contribution in [0.5, 0.6) is 5.75 Å². The van der Waals surface area contributed by atoms with E-state index in [1.807, 2.05) is 42.0 Å². The number of aliphatic hydroxyl groups excluding tert-OH is 1. The third-order valence-corrected chi connectivity index (χ3v) is 5.95. The second-order valence-electron chi connectivity index (χ2n) is 8.44. The van der Waals surface area contributed by atoms with Gasteiger partial charge >= 0.3 is 0 Å². The third kappa shape index (κ3) is 4.44. The molecule has 2 aromatic heterocycles. The maximum atomic E-state index is 13.8. The van der Waals surface area contributed by atoms with Crippen molar-refractivity contribution in [2.24, 2.45) is 0 Å². The molecule has 0 unspecified atom stereocenters. The predicted octanol–water partition coefficient (Wildman–Crippen LogP) is 4.27. The molecular weight excluding hydrogens is 459 g/mol. The average molecular weight is 481 g/mol. The Bertz CT molecular complexity index is 1410. The van der Waals surface area contributed by atoms with Crippen molar-refractivity contribution in [1.29, 1.82) is 0 Å². The van der Waals surface area contributed by atoms with E-state index in [-0.39, 0.29) is 18.5 Å². The van der Waals surface area contributed by atoms with E-state index in [9.17, 15) is 18.3 Å². The molecule has 180 valence electrons. The van der Waals surface area contributed by atoms with Crippen LogP contribution < -0.4 is 4.74 Å². The minimum Gasteiger partial charge on any atom is -0.495 e. The minimum absolute atomic E-state index is 0.193. The van der Waals surface area contributed by atoms with Crippen LogP contribution in [0.1, 0.15) is 40.8 Å². The molecule has 0 bridgehead atoms. The van der Waals surface area contributed by atoms with E-state index < -0.39 is 29.5 Å². The maximum absolute atomic E-state index is 13.8. The van der Waals surface area contributed by atoms with Crippen molar-refractivity contribution in [2.45, 2.75) is 31.9 Å². The molecule has 0 saturated carbocycles. The fraction of sp³-hybridized carbons (Fsp3) is 0.240. The van der Waals surface area contributed by atoms with Gasteiger partial charge in [-0.25, -0.2) is 27.8 Å². The molecule has 0 saturated heterocycles. The smallest absolute Gasteiger partial charge is 0.194 e. The fourth-order valence-electron chi connectivity index (χ4n) is 4.28. The summed E-state index contributed by atoms with van der Waals surface area (Å²) in [6, 6.07) is 7.57. The Morgan fingerprint density at radius 3 is 2.57 bits per heavy atom. The summed E-state index contributed by atoms with van der Waals surface area (Å²) < 4.78 is 50.0. The Hall–Kier alpha value is -3.92. The average Bonchev–Trinajstić information content (AvgIpc) is 3.45. The number of hydrogen-bond acceptors (Lipinski definition) is 5. The van der Waals surface area contributed by atoms with Crippen molar-refractivity contribution < 1.29 is 23.0 Å². The molecule has 3 heterocycles. The summed E-state index contributed by atoms with van der Waals surface area (Å²) in [6.45, 7) is 2.11. The molecule has 2 atom stereocenters. The quantitative estimate of drug-likeness (QED) is 0.431. The van der Waals surface area contributed by atoms with Crippen molar-refractivity contribution in [3.63, 3.8) is 0 Å². The highest BCUT2D eigenvalue weighted by molar-refractivity contribution is 5.69. The number of nitrogens with zero attached hydrogens (tertiary/aromatic N) is 5. The SMILES string of the molecule is COc1cc(C=Cc2nc3n(n2)C[C@@H](O)C[C@H]3c2cc(F)c(F)c(F)c2)ccc1-n1cnc(C)c1. The molecule has 35 heavy (non-hydrogen) atoms. The predicted molar refractivity (Wildman–Crippen MR) is 123 cm³/mol. The zero-order chi connectivity index (χ0) is 24.7. The summed E-state index contributed by atoms with van der Waals surface area (Å²) in [5.41, 5.74) is 2.77. The van der Waals surface area contributed by atoms with Crippen LogP contribution in [0.15, 0.2) is 42.9 Å². The summed E-state index contributed by atoms with van der Waals surface area (Å²) in [7, 11) is 1.59. The molecule has 0 spiro atoms. The van der Waals surface area contributed by atoms with Crippen LogP contribution in [0.25, 0.3) is 17.8 Å². The van der Waals surface area contributed by atoms with Gasteiger partial charge in [-0.1, -0.05) is 12.1 Å². The number of halogens is 3. The molecule has 7 nitrogen and oxygen atoms in total. The number of methoxy groups -OCH3 is 1. The summed E-state index contributed by atoms with van der Waals surface area (Å²) >= 11 is 0. The Morgan fingerprint density at radius 1 is 1.11 bits per heavy atom. The summed E-state index contributed by atoms with van der Waals surface area (Å²) in [6.07, 6.45) is 6.54. The number of aromatic nitrogens is 5. The van der Waals surface area contributed by atoms with Crippen molar-refractivity contribution in [3.05, 3.63) is 88.8 Å². The number of rotatable bonds is 5. The highest BCUT2D eigenvalue weighted by atomic mass is 19.2. The second kappa shape index (κ2) is 9.03. The van der Waals surface area contributed by atoms with E-state index in [1.165, 1.54) is 4.68 Å². The molecule has 0 amide bonds. The molecule has 0 fully saturated rings. The first-order chi connectivity index (χ1) is 16.8. The van der Waals surface area contributed by atoms with Crippen molar-refractivity contribution in [3.8, 4) is 11.4 Å². The highest BCUT2D eigenvalue weighted by Gasteiger charge is 2.31. The number of aliphatic hydroxyl groups is 1. The molecular formula is C25H22F3N5O2. The molecule has 2 aromatic carbocycles. The Kier molecular flexibility index (Phi) is 5.89. The highest BCUT2D eigenvalue weighted by Crippen LogP contribution is 2.34. The van der Waals surface area contributed by atoms with E-state index in [1.54, 1.807) is 19.5 Å². The molecule has 1 aliphatic heterocycles. The van der Waals surface area contributed by atoms with E-state index in [2.05, 4.69) is 15.1 Å². The van der Waals surface area contributed by atoms with Gasteiger partial charge in [-0.05, 0) is 54.8 Å². The van der Waals surface area contributed by atoms with Gasteiger partial charge in [-0.2, -0.15) is 5.10 Å². The van der Waals surface area contributed by atoms with Gasteiger partial charge in [0, 0.05) is 12.1 Å². The Morgan fingerprint density at radius 2 is 1.89 bits per heavy atom. The lowest BCUT2D eigenvalue weighted by molar-refractivity contribution is 0.117. The molecule has 1 aliphatic rings. The van der Waals surface area contributed by atoms with Gasteiger partial charge in [0.1, 0.15) is 11.6 Å². The first-order valence-electron chi connectivity index (χ1n) is 11.0. The van der Waals surface area contributed by atoms with Gasteiger partial charge in [-0.3, -0.25) is 0 Å². The third-order valence-electron chi connectivity index (χ3n) is 5.95. The van der Waals surface area contributed by atoms with E-state index in [4.69, 9.17) is 4.74 Å². The largest absolute Gasteiger partial charge is 0.495 e. The first kappa shape index (κ1) is 22.9. The van der Waals surface area contributed by atoms with Gasteiger partial charge in [-0.15, -0.1) is 0 Å². The van der Waals surface area contributed by atoms with Crippen LogP contribution in [0.4, 0.5) is 13.2 Å². The van der Waals surface area contributed by atoms with Crippen LogP contribution in [-0.2, 0) is 6.54 Å². The van der Waals surface area contributed by atoms with E-state index in [0.717, 1.165) is 29.1 Å². The number of benzene rings is 2. The zero-order valence-corrected chi connectivity index (χ0v) is 19.0. The maximum Gasteiger partial charge on any atom is 0.194 e. The number of hydrogen-bond donors (Lipinski definition) is 1.